The van der Waals surface area contributed by atoms with E-state index in [1.54, 1.807) is 43.0 Å². The lowest BCUT2D eigenvalue weighted by atomic mass is 9.79. The van der Waals surface area contributed by atoms with Crippen molar-refractivity contribution >= 4 is 35.6 Å². The molecule has 13 heteroatoms. The normalized spacial score (nSPS) is 23.7. The van der Waals surface area contributed by atoms with Gasteiger partial charge in [-0.15, -0.1) is 0 Å². The molecule has 0 radical (unpaired) electrons. The van der Waals surface area contributed by atoms with Crippen molar-refractivity contribution in [1.82, 2.24) is 19.6 Å². The number of benzene rings is 1. The van der Waals surface area contributed by atoms with Crippen molar-refractivity contribution in [3.8, 4) is 5.75 Å². The molecule has 3 atom stereocenters. The van der Waals surface area contributed by atoms with Crippen LogP contribution in [-0.4, -0.2) is 127 Å². The highest BCUT2D eigenvalue weighted by Gasteiger charge is 2.60. The van der Waals surface area contributed by atoms with Crippen molar-refractivity contribution in [1.29, 1.82) is 0 Å². The molecular formula is C33H44N4O9. The Morgan fingerprint density at radius 3 is 2.15 bits per heavy atom. The third kappa shape index (κ3) is 7.02. The lowest BCUT2D eigenvalue weighted by molar-refractivity contribution is -0.188. The topological polar surface area (TPSA) is 143 Å². The molecule has 0 saturated carbocycles. The number of esters is 2. The molecule has 0 N–H and O–H groups in total. The van der Waals surface area contributed by atoms with Crippen LogP contribution in [-0.2, 0) is 33.4 Å². The van der Waals surface area contributed by atoms with Gasteiger partial charge in [0.2, 0.25) is 17.7 Å². The zero-order valence-corrected chi connectivity index (χ0v) is 27.3. The van der Waals surface area contributed by atoms with Crippen molar-refractivity contribution in [2.45, 2.75) is 52.1 Å². The van der Waals surface area contributed by atoms with E-state index in [-0.39, 0.29) is 76.1 Å². The van der Waals surface area contributed by atoms with Crippen molar-refractivity contribution < 1.29 is 43.0 Å². The first-order chi connectivity index (χ1) is 21.8. The Kier molecular flexibility index (Phi) is 10.7. The first-order valence-electron chi connectivity index (χ1n) is 15.6. The molecule has 2 bridgehead atoms. The van der Waals surface area contributed by atoms with E-state index in [1.807, 2.05) is 6.92 Å². The molecule has 4 heterocycles. The Balaban J connectivity index is 1.59. The molecule has 2 saturated heterocycles. The van der Waals surface area contributed by atoms with Gasteiger partial charge < -0.3 is 33.8 Å². The lowest BCUT2D eigenvalue weighted by Crippen LogP contribution is -2.69. The monoisotopic (exact) mass is 640 g/mol. The number of ether oxygens (including phenoxy) is 3. The van der Waals surface area contributed by atoms with Gasteiger partial charge in [0.25, 0.3) is 5.91 Å². The van der Waals surface area contributed by atoms with Crippen LogP contribution in [0.1, 0.15) is 50.4 Å². The number of likely N-dealkylation sites (tertiary alicyclic amines) is 1. The molecule has 0 unspecified atom stereocenters. The molecule has 13 nitrogen and oxygen atoms in total. The zero-order valence-electron chi connectivity index (χ0n) is 27.3. The maximum Gasteiger partial charge on any atom is 0.327 e. The fourth-order valence-corrected chi connectivity index (χ4v) is 6.14. The van der Waals surface area contributed by atoms with Crippen LogP contribution < -0.4 is 4.74 Å². The number of likely N-dealkylation sites (N-methyl/N-ethyl adjacent to an activating group) is 2. The van der Waals surface area contributed by atoms with E-state index in [9.17, 15) is 28.8 Å². The second-order valence-electron chi connectivity index (χ2n) is 12.3. The Morgan fingerprint density at radius 1 is 0.978 bits per heavy atom. The first kappa shape index (κ1) is 34.5. The predicted molar refractivity (Wildman–Crippen MR) is 165 cm³/mol. The van der Waals surface area contributed by atoms with Crippen molar-refractivity contribution in [3.63, 3.8) is 0 Å². The number of carbonyl (C=O) groups excluding carboxylic acids is 6. The van der Waals surface area contributed by atoms with Gasteiger partial charge in [0, 0.05) is 45.7 Å². The average Bonchev–Trinajstić information content (AvgIpc) is 3.44. The lowest BCUT2D eigenvalue weighted by Gasteiger charge is -2.47. The third-order valence-electron chi connectivity index (χ3n) is 9.04. The predicted octanol–water partition coefficient (Wildman–Crippen LogP) is 1.51. The number of fused-ring (bicyclic) bond motifs is 11. The van der Waals surface area contributed by atoms with Gasteiger partial charge in [-0.1, -0.05) is 12.2 Å². The van der Waals surface area contributed by atoms with Gasteiger partial charge in [-0.3, -0.25) is 28.8 Å². The Hall–Kier alpha value is -4.42. The minimum Gasteiger partial charge on any atom is -0.491 e. The zero-order chi connectivity index (χ0) is 33.8. The highest BCUT2D eigenvalue weighted by atomic mass is 16.6. The van der Waals surface area contributed by atoms with Crippen LogP contribution in [0.15, 0.2) is 36.4 Å². The average molecular weight is 641 g/mol. The van der Waals surface area contributed by atoms with E-state index in [4.69, 9.17) is 14.2 Å². The molecule has 4 aliphatic heterocycles. The van der Waals surface area contributed by atoms with Crippen LogP contribution in [0.4, 0.5) is 0 Å². The van der Waals surface area contributed by atoms with Crippen LogP contribution in [0.2, 0.25) is 0 Å². The van der Waals surface area contributed by atoms with Crippen molar-refractivity contribution in [2.24, 2.45) is 11.3 Å². The van der Waals surface area contributed by atoms with E-state index < -0.39 is 35.2 Å². The number of hydrogen-bond donors (Lipinski definition) is 0. The summed E-state index contributed by atoms with van der Waals surface area (Å²) in [6, 6.07) is 5.19. The molecule has 4 aliphatic rings. The summed E-state index contributed by atoms with van der Waals surface area (Å²) in [5.41, 5.74) is -0.390. The number of nitrogens with zero attached hydrogens (tertiary/aromatic N) is 4. The maximum atomic E-state index is 13.9. The molecule has 0 spiro atoms. The summed E-state index contributed by atoms with van der Waals surface area (Å²) in [5.74, 6) is -2.52. The van der Waals surface area contributed by atoms with Crippen LogP contribution in [0.5, 0.6) is 5.75 Å². The highest BCUT2D eigenvalue weighted by Crippen LogP contribution is 2.35. The molecule has 250 valence electrons. The van der Waals surface area contributed by atoms with Gasteiger partial charge in [-0.25, -0.2) is 0 Å². The van der Waals surface area contributed by atoms with E-state index in [0.717, 1.165) is 5.57 Å². The minimum atomic E-state index is -1.66. The standard InChI is InChI=1S/C33H44N4O9/c1-7-44-31(42)33(32(43)45-8-2)19-36(20-33)30(41)26-13-14-27(38)34(5)17-28(39)37-16-23(21(3)4)15-24(37)18-46-25-11-9-22(10-12-25)29(40)35(26)6/h9-12,23-24,26H,3,7-8,13-20H2,1-2,4-6H3/t23-,24+,26+/m1/s1. The molecule has 4 amide bonds. The number of hydrogen-bond acceptors (Lipinski definition) is 9. The number of carbonyl (C=O) groups is 6. The van der Waals surface area contributed by atoms with E-state index in [1.165, 1.54) is 28.8 Å². The highest BCUT2D eigenvalue weighted by molar-refractivity contribution is 6.04. The van der Waals surface area contributed by atoms with Crippen LogP contribution in [0.3, 0.4) is 0 Å². The van der Waals surface area contributed by atoms with Gasteiger partial charge in [-0.2, -0.15) is 0 Å². The number of amides is 4. The van der Waals surface area contributed by atoms with E-state index in [2.05, 4.69) is 6.58 Å². The molecule has 5 rings (SSSR count). The molecule has 2 fully saturated rings. The molecule has 0 aromatic heterocycles. The molecule has 0 aliphatic carbocycles. The fraction of sp³-hybridized carbons (Fsp3) is 0.576. The maximum absolute atomic E-state index is 13.9. The summed E-state index contributed by atoms with van der Waals surface area (Å²) >= 11 is 0. The summed E-state index contributed by atoms with van der Waals surface area (Å²) in [6.45, 7) is 9.32. The number of rotatable bonds is 6. The fourth-order valence-electron chi connectivity index (χ4n) is 6.14. The third-order valence-corrected chi connectivity index (χ3v) is 9.04. The summed E-state index contributed by atoms with van der Waals surface area (Å²) in [6.07, 6.45) is 0.506. The van der Waals surface area contributed by atoms with Crippen LogP contribution >= 0.6 is 0 Å². The second-order valence-corrected chi connectivity index (χ2v) is 12.3. The van der Waals surface area contributed by atoms with E-state index in [0.29, 0.717) is 24.3 Å². The largest absolute Gasteiger partial charge is 0.491 e. The molecule has 1 aromatic rings. The Labute approximate surface area is 269 Å². The van der Waals surface area contributed by atoms with Gasteiger partial charge in [0.05, 0.1) is 25.8 Å². The van der Waals surface area contributed by atoms with Gasteiger partial charge in [0.15, 0.2) is 5.41 Å². The van der Waals surface area contributed by atoms with Gasteiger partial charge in [-0.05, 0) is 63.8 Å². The van der Waals surface area contributed by atoms with Crippen LogP contribution in [0, 0.1) is 11.3 Å². The quantitative estimate of drug-likeness (QED) is 0.257. The Morgan fingerprint density at radius 2 is 1.59 bits per heavy atom. The van der Waals surface area contributed by atoms with Crippen LogP contribution in [0.25, 0.3) is 0 Å². The Bertz CT molecular complexity index is 1350. The minimum absolute atomic E-state index is 0.0443. The van der Waals surface area contributed by atoms with Gasteiger partial charge >= 0.3 is 11.9 Å². The van der Waals surface area contributed by atoms with E-state index >= 15 is 0 Å². The summed E-state index contributed by atoms with van der Waals surface area (Å²) in [7, 11) is 3.00. The molecule has 46 heavy (non-hydrogen) atoms. The summed E-state index contributed by atoms with van der Waals surface area (Å²) in [5, 5.41) is 0. The smallest absolute Gasteiger partial charge is 0.327 e. The molecular weight excluding hydrogens is 596 g/mol. The summed E-state index contributed by atoms with van der Waals surface area (Å²) < 4.78 is 16.3. The summed E-state index contributed by atoms with van der Waals surface area (Å²) in [4.78, 5) is 85.4. The SMILES string of the molecule is C=C(C)[C@@H]1C[C@H]2COc3ccc(cc3)C(=O)N(C)[C@H](C(=O)N3CC(C(=O)OCC)(C(=O)OCC)C3)CCC(=O)N(C)CC(=O)N2C1. The van der Waals surface area contributed by atoms with Crippen molar-refractivity contribution in [2.75, 3.05) is 60.1 Å². The molecule has 1 aromatic carbocycles. The first-order valence-corrected chi connectivity index (χ1v) is 15.6. The van der Waals surface area contributed by atoms with Gasteiger partial charge in [0.1, 0.15) is 18.4 Å². The second kappa shape index (κ2) is 14.3. The van der Waals surface area contributed by atoms with Crippen molar-refractivity contribution in [3.05, 3.63) is 42.0 Å².